The first-order valence-corrected chi connectivity index (χ1v) is 5.67. The van der Waals surface area contributed by atoms with E-state index in [2.05, 4.69) is 17.4 Å². The molecular formula is C13H19NO2. The molecule has 0 aliphatic carbocycles. The van der Waals surface area contributed by atoms with Gasteiger partial charge in [0.2, 0.25) is 0 Å². The normalized spacial score (nSPS) is 20.6. The molecule has 1 atom stereocenters. The fraction of sp³-hybridized carbons (Fsp3) is 0.538. The SMILES string of the molecule is CC(C)(O)CNC1COCc2ccccc21. The molecule has 88 valence electrons. The van der Waals surface area contributed by atoms with Gasteiger partial charge in [-0.15, -0.1) is 0 Å². The average Bonchev–Trinajstić information content (AvgIpc) is 2.25. The van der Waals surface area contributed by atoms with Crippen LogP contribution in [-0.2, 0) is 11.3 Å². The van der Waals surface area contributed by atoms with E-state index in [-0.39, 0.29) is 6.04 Å². The minimum Gasteiger partial charge on any atom is -0.389 e. The van der Waals surface area contributed by atoms with E-state index in [1.807, 2.05) is 12.1 Å². The third kappa shape index (κ3) is 2.82. The number of fused-ring (bicyclic) bond motifs is 1. The Morgan fingerprint density at radius 3 is 2.94 bits per heavy atom. The molecule has 1 unspecified atom stereocenters. The third-order valence-corrected chi connectivity index (χ3v) is 2.75. The van der Waals surface area contributed by atoms with Gasteiger partial charge in [-0.2, -0.15) is 0 Å². The molecule has 16 heavy (non-hydrogen) atoms. The summed E-state index contributed by atoms with van der Waals surface area (Å²) < 4.78 is 5.53. The van der Waals surface area contributed by atoms with Crippen molar-refractivity contribution in [2.24, 2.45) is 0 Å². The molecule has 2 rings (SSSR count). The van der Waals surface area contributed by atoms with Crippen LogP contribution < -0.4 is 5.32 Å². The fourth-order valence-corrected chi connectivity index (χ4v) is 1.92. The Bertz CT molecular complexity index is 357. The minimum atomic E-state index is -0.688. The van der Waals surface area contributed by atoms with Crippen molar-refractivity contribution in [3.8, 4) is 0 Å². The van der Waals surface area contributed by atoms with E-state index in [9.17, 15) is 5.11 Å². The van der Waals surface area contributed by atoms with E-state index in [1.165, 1.54) is 11.1 Å². The summed E-state index contributed by atoms with van der Waals surface area (Å²) in [4.78, 5) is 0. The number of ether oxygens (including phenoxy) is 1. The molecular weight excluding hydrogens is 202 g/mol. The Morgan fingerprint density at radius 1 is 1.44 bits per heavy atom. The van der Waals surface area contributed by atoms with Gasteiger partial charge >= 0.3 is 0 Å². The molecule has 3 heteroatoms. The van der Waals surface area contributed by atoms with E-state index in [1.54, 1.807) is 13.8 Å². The van der Waals surface area contributed by atoms with Gasteiger partial charge in [-0.1, -0.05) is 24.3 Å². The summed E-state index contributed by atoms with van der Waals surface area (Å²) in [6.45, 7) is 5.53. The van der Waals surface area contributed by atoms with Crippen molar-refractivity contribution in [1.82, 2.24) is 5.32 Å². The largest absolute Gasteiger partial charge is 0.389 e. The summed E-state index contributed by atoms with van der Waals surface area (Å²) in [6.07, 6.45) is 0. The van der Waals surface area contributed by atoms with Crippen molar-refractivity contribution in [2.75, 3.05) is 13.2 Å². The van der Waals surface area contributed by atoms with Crippen LogP contribution in [0.4, 0.5) is 0 Å². The molecule has 0 radical (unpaired) electrons. The van der Waals surface area contributed by atoms with Gasteiger partial charge in [-0.25, -0.2) is 0 Å². The van der Waals surface area contributed by atoms with Gasteiger partial charge in [0.15, 0.2) is 0 Å². The molecule has 0 saturated carbocycles. The zero-order valence-corrected chi connectivity index (χ0v) is 9.86. The van der Waals surface area contributed by atoms with Gasteiger partial charge < -0.3 is 15.2 Å². The second-order valence-corrected chi connectivity index (χ2v) is 4.96. The number of rotatable bonds is 3. The molecule has 0 saturated heterocycles. The van der Waals surface area contributed by atoms with E-state index in [0.29, 0.717) is 19.8 Å². The molecule has 1 aliphatic heterocycles. The zero-order valence-electron chi connectivity index (χ0n) is 9.86. The fourth-order valence-electron chi connectivity index (χ4n) is 1.92. The zero-order chi connectivity index (χ0) is 11.6. The lowest BCUT2D eigenvalue weighted by molar-refractivity contribution is 0.0525. The van der Waals surface area contributed by atoms with E-state index in [0.717, 1.165) is 0 Å². The summed E-state index contributed by atoms with van der Waals surface area (Å²) in [5.41, 5.74) is 1.84. The Labute approximate surface area is 96.4 Å². The number of benzene rings is 1. The molecule has 0 fully saturated rings. The topological polar surface area (TPSA) is 41.5 Å². The van der Waals surface area contributed by atoms with Crippen LogP contribution in [-0.4, -0.2) is 23.9 Å². The summed E-state index contributed by atoms with van der Waals surface area (Å²) in [5, 5.41) is 13.0. The van der Waals surface area contributed by atoms with Gasteiger partial charge in [0.25, 0.3) is 0 Å². The van der Waals surface area contributed by atoms with E-state index >= 15 is 0 Å². The highest BCUT2D eigenvalue weighted by molar-refractivity contribution is 5.31. The molecule has 1 aromatic rings. The quantitative estimate of drug-likeness (QED) is 0.815. The number of hydrogen-bond donors (Lipinski definition) is 2. The third-order valence-electron chi connectivity index (χ3n) is 2.75. The number of nitrogens with one attached hydrogen (secondary N) is 1. The maximum Gasteiger partial charge on any atom is 0.0721 e. The first-order valence-electron chi connectivity index (χ1n) is 5.67. The maximum atomic E-state index is 9.69. The Kier molecular flexibility index (Phi) is 3.28. The predicted octanol–water partition coefficient (Wildman–Crippen LogP) is 1.62. The monoisotopic (exact) mass is 221 g/mol. The van der Waals surface area contributed by atoms with Crippen LogP contribution in [0, 0.1) is 0 Å². The molecule has 2 N–H and O–H groups in total. The van der Waals surface area contributed by atoms with Crippen molar-refractivity contribution in [3.63, 3.8) is 0 Å². The molecule has 1 heterocycles. The predicted molar refractivity (Wildman–Crippen MR) is 63.1 cm³/mol. The molecule has 0 amide bonds. The van der Waals surface area contributed by atoms with Gasteiger partial charge in [0.05, 0.1) is 24.9 Å². The van der Waals surface area contributed by atoms with Gasteiger partial charge in [-0.3, -0.25) is 0 Å². The van der Waals surface area contributed by atoms with E-state index < -0.39 is 5.60 Å². The van der Waals surface area contributed by atoms with Crippen LogP contribution in [0.2, 0.25) is 0 Å². The minimum absolute atomic E-state index is 0.191. The van der Waals surface area contributed by atoms with Gasteiger partial charge in [-0.05, 0) is 25.0 Å². The summed E-state index contributed by atoms with van der Waals surface area (Å²) >= 11 is 0. The number of hydrogen-bond acceptors (Lipinski definition) is 3. The molecule has 1 aromatic carbocycles. The van der Waals surface area contributed by atoms with Crippen molar-refractivity contribution in [1.29, 1.82) is 0 Å². The van der Waals surface area contributed by atoms with Gasteiger partial charge in [0.1, 0.15) is 0 Å². The molecule has 1 aliphatic rings. The van der Waals surface area contributed by atoms with Crippen LogP contribution in [0.15, 0.2) is 24.3 Å². The van der Waals surface area contributed by atoms with Crippen molar-refractivity contribution < 1.29 is 9.84 Å². The Morgan fingerprint density at radius 2 is 2.19 bits per heavy atom. The highest BCUT2D eigenvalue weighted by Crippen LogP contribution is 2.24. The lowest BCUT2D eigenvalue weighted by atomic mass is 9.98. The van der Waals surface area contributed by atoms with Crippen molar-refractivity contribution >= 4 is 0 Å². The maximum absolute atomic E-state index is 9.69. The second-order valence-electron chi connectivity index (χ2n) is 4.96. The molecule has 0 aromatic heterocycles. The highest BCUT2D eigenvalue weighted by atomic mass is 16.5. The van der Waals surface area contributed by atoms with Crippen molar-refractivity contribution in [3.05, 3.63) is 35.4 Å². The Hall–Kier alpha value is -0.900. The highest BCUT2D eigenvalue weighted by Gasteiger charge is 2.22. The van der Waals surface area contributed by atoms with Gasteiger partial charge in [0, 0.05) is 6.54 Å². The first-order chi connectivity index (χ1) is 7.56. The van der Waals surface area contributed by atoms with E-state index in [4.69, 9.17) is 4.74 Å². The smallest absolute Gasteiger partial charge is 0.0721 e. The van der Waals surface area contributed by atoms with Crippen LogP contribution >= 0.6 is 0 Å². The van der Waals surface area contributed by atoms with Crippen LogP contribution in [0.1, 0.15) is 31.0 Å². The summed E-state index contributed by atoms with van der Waals surface area (Å²) in [6, 6.07) is 8.48. The number of aliphatic hydroxyl groups is 1. The van der Waals surface area contributed by atoms with Crippen LogP contribution in [0.3, 0.4) is 0 Å². The molecule has 3 nitrogen and oxygen atoms in total. The van der Waals surface area contributed by atoms with Crippen LogP contribution in [0.25, 0.3) is 0 Å². The van der Waals surface area contributed by atoms with Crippen LogP contribution in [0.5, 0.6) is 0 Å². The Balaban J connectivity index is 2.07. The molecule has 0 spiro atoms. The second kappa shape index (κ2) is 4.53. The summed E-state index contributed by atoms with van der Waals surface area (Å²) in [5.74, 6) is 0. The lowest BCUT2D eigenvalue weighted by Crippen LogP contribution is -2.39. The lowest BCUT2D eigenvalue weighted by Gasteiger charge is -2.29. The standard InChI is InChI=1S/C13H19NO2/c1-13(2,15)9-14-12-8-16-7-10-5-3-4-6-11(10)12/h3-6,12,14-15H,7-9H2,1-2H3. The average molecular weight is 221 g/mol. The molecule has 0 bridgehead atoms. The summed E-state index contributed by atoms with van der Waals surface area (Å²) in [7, 11) is 0. The van der Waals surface area contributed by atoms with Crippen molar-refractivity contribution in [2.45, 2.75) is 32.1 Å². The first kappa shape index (κ1) is 11.6.